The van der Waals surface area contributed by atoms with Crippen LogP contribution in [0.5, 0.6) is 5.75 Å². The summed E-state index contributed by atoms with van der Waals surface area (Å²) in [6.45, 7) is 1.54. The summed E-state index contributed by atoms with van der Waals surface area (Å²) in [4.78, 5) is 24.5. The van der Waals surface area contributed by atoms with Gasteiger partial charge in [-0.25, -0.2) is 4.79 Å². The molecule has 3 N–H and O–H groups in total. The molecule has 0 heterocycles. The van der Waals surface area contributed by atoms with Gasteiger partial charge in [-0.1, -0.05) is 30.9 Å². The summed E-state index contributed by atoms with van der Waals surface area (Å²) in [7, 11) is 1.42. The van der Waals surface area contributed by atoms with Gasteiger partial charge in [-0.05, 0) is 25.8 Å². The van der Waals surface area contributed by atoms with E-state index in [1.54, 1.807) is 6.92 Å². The fraction of sp³-hybridized carbons (Fsp3) is 0.529. The summed E-state index contributed by atoms with van der Waals surface area (Å²) in [5.41, 5.74) is 6.12. The number of rotatable bonds is 5. The number of methoxy groups -OCH3 is 1. The van der Waals surface area contributed by atoms with Gasteiger partial charge >= 0.3 is 5.97 Å². The zero-order chi connectivity index (χ0) is 17.7. The zero-order valence-corrected chi connectivity index (χ0v) is 14.7. The van der Waals surface area contributed by atoms with Gasteiger partial charge in [-0.3, -0.25) is 4.79 Å². The molecule has 0 aliphatic heterocycles. The highest BCUT2D eigenvalue weighted by Crippen LogP contribution is 2.29. The van der Waals surface area contributed by atoms with Gasteiger partial charge in [0.05, 0.1) is 17.8 Å². The number of anilines is 1. The molecule has 0 unspecified atom stereocenters. The van der Waals surface area contributed by atoms with E-state index in [1.165, 1.54) is 25.7 Å². The van der Waals surface area contributed by atoms with E-state index in [0.29, 0.717) is 5.69 Å². The molecule has 1 aromatic carbocycles. The summed E-state index contributed by atoms with van der Waals surface area (Å²) in [6, 6.07) is 2.99. The Labute approximate surface area is 146 Å². The van der Waals surface area contributed by atoms with Crippen LogP contribution in [0.2, 0.25) is 5.02 Å². The lowest BCUT2D eigenvalue weighted by atomic mass is 9.95. The van der Waals surface area contributed by atoms with Crippen molar-refractivity contribution in [1.29, 1.82) is 0 Å². The molecule has 1 saturated carbocycles. The van der Waals surface area contributed by atoms with Crippen LogP contribution >= 0.6 is 11.6 Å². The minimum absolute atomic E-state index is 0.133. The highest BCUT2D eigenvalue weighted by molar-refractivity contribution is 6.33. The number of nitrogen functional groups attached to an aromatic ring is 1. The number of benzene rings is 1. The number of carbonyl (C=O) groups excluding carboxylic acids is 2. The first kappa shape index (κ1) is 18.4. The van der Waals surface area contributed by atoms with Gasteiger partial charge in [0.25, 0.3) is 5.91 Å². The molecule has 0 spiro atoms. The van der Waals surface area contributed by atoms with E-state index in [0.717, 1.165) is 25.7 Å². The second-order valence-corrected chi connectivity index (χ2v) is 6.37. The van der Waals surface area contributed by atoms with Gasteiger partial charge in [0.1, 0.15) is 11.3 Å². The van der Waals surface area contributed by atoms with Crippen molar-refractivity contribution in [3.05, 3.63) is 22.7 Å². The van der Waals surface area contributed by atoms with E-state index in [2.05, 4.69) is 5.32 Å². The minimum Gasteiger partial charge on any atom is -0.496 e. The van der Waals surface area contributed by atoms with Crippen LogP contribution in [0.3, 0.4) is 0 Å². The lowest BCUT2D eigenvalue weighted by molar-refractivity contribution is -0.130. The Morgan fingerprint density at radius 3 is 2.58 bits per heavy atom. The average molecular weight is 355 g/mol. The Balaban J connectivity index is 2.00. The first-order valence-corrected chi connectivity index (χ1v) is 8.44. The van der Waals surface area contributed by atoms with Crippen LogP contribution < -0.4 is 15.8 Å². The van der Waals surface area contributed by atoms with E-state index in [4.69, 9.17) is 26.8 Å². The van der Waals surface area contributed by atoms with E-state index in [-0.39, 0.29) is 28.3 Å². The third-order valence-corrected chi connectivity index (χ3v) is 4.47. The predicted octanol–water partition coefficient (Wildman–Crippen LogP) is 2.93. The first-order chi connectivity index (χ1) is 11.4. The van der Waals surface area contributed by atoms with Crippen molar-refractivity contribution in [2.75, 3.05) is 12.8 Å². The monoisotopic (exact) mass is 354 g/mol. The van der Waals surface area contributed by atoms with Crippen molar-refractivity contribution in [2.24, 2.45) is 0 Å². The Hall–Kier alpha value is -1.95. The molecule has 1 atom stereocenters. The number of nitrogens with one attached hydrogen (secondary N) is 1. The fourth-order valence-corrected chi connectivity index (χ4v) is 2.90. The quantitative estimate of drug-likeness (QED) is 0.626. The Bertz CT molecular complexity index is 615. The maximum Gasteiger partial charge on any atom is 0.342 e. The number of carbonyl (C=O) groups is 2. The fourth-order valence-electron chi connectivity index (χ4n) is 2.74. The molecule has 132 valence electrons. The molecule has 2 rings (SSSR count). The largest absolute Gasteiger partial charge is 0.496 e. The topological polar surface area (TPSA) is 90.7 Å². The second-order valence-electron chi connectivity index (χ2n) is 5.97. The molecular weight excluding hydrogens is 332 g/mol. The van der Waals surface area contributed by atoms with E-state index in [9.17, 15) is 9.59 Å². The second kappa shape index (κ2) is 8.24. The highest BCUT2D eigenvalue weighted by atomic mass is 35.5. The average Bonchev–Trinajstić information content (AvgIpc) is 2.57. The van der Waals surface area contributed by atoms with Crippen molar-refractivity contribution < 1.29 is 19.1 Å². The number of nitrogens with two attached hydrogens (primary N) is 1. The van der Waals surface area contributed by atoms with E-state index >= 15 is 0 Å². The summed E-state index contributed by atoms with van der Waals surface area (Å²) >= 11 is 5.95. The summed E-state index contributed by atoms with van der Waals surface area (Å²) in [5.74, 6) is -0.724. The van der Waals surface area contributed by atoms with Gasteiger partial charge in [0.15, 0.2) is 6.10 Å². The van der Waals surface area contributed by atoms with E-state index in [1.807, 2.05) is 0 Å². The van der Waals surface area contributed by atoms with Gasteiger partial charge in [-0.15, -0.1) is 0 Å². The maximum atomic E-state index is 12.3. The lowest BCUT2D eigenvalue weighted by Crippen LogP contribution is -2.42. The number of amides is 1. The van der Waals surface area contributed by atoms with Crippen molar-refractivity contribution in [3.63, 3.8) is 0 Å². The van der Waals surface area contributed by atoms with Crippen molar-refractivity contribution >= 4 is 29.2 Å². The summed E-state index contributed by atoms with van der Waals surface area (Å²) in [6.07, 6.45) is 4.46. The Morgan fingerprint density at radius 2 is 1.96 bits per heavy atom. The summed E-state index contributed by atoms with van der Waals surface area (Å²) in [5, 5.41) is 3.16. The van der Waals surface area contributed by atoms with Crippen LogP contribution in [0.1, 0.15) is 49.4 Å². The molecule has 0 aromatic heterocycles. The van der Waals surface area contributed by atoms with E-state index < -0.39 is 12.1 Å². The van der Waals surface area contributed by atoms with Gasteiger partial charge in [-0.2, -0.15) is 0 Å². The molecule has 0 bridgehead atoms. The number of esters is 1. The van der Waals surface area contributed by atoms with Crippen LogP contribution in [-0.4, -0.2) is 31.1 Å². The van der Waals surface area contributed by atoms with Gasteiger partial charge < -0.3 is 20.5 Å². The van der Waals surface area contributed by atoms with Gasteiger partial charge in [0.2, 0.25) is 0 Å². The van der Waals surface area contributed by atoms with Crippen molar-refractivity contribution in [2.45, 2.75) is 51.2 Å². The molecule has 7 heteroatoms. The SMILES string of the molecule is COc1cc(N)c(Cl)cc1C(=O)O[C@@H](C)C(=O)NC1CCCCC1. The number of hydrogen-bond acceptors (Lipinski definition) is 5. The minimum atomic E-state index is -0.902. The molecule has 0 radical (unpaired) electrons. The number of ether oxygens (including phenoxy) is 2. The van der Waals surface area contributed by atoms with Gasteiger partial charge in [0, 0.05) is 12.1 Å². The van der Waals surface area contributed by atoms with Crippen molar-refractivity contribution in [1.82, 2.24) is 5.32 Å². The first-order valence-electron chi connectivity index (χ1n) is 8.06. The number of halogens is 1. The van der Waals surface area contributed by atoms with Crippen LogP contribution in [0, 0.1) is 0 Å². The maximum absolute atomic E-state index is 12.3. The van der Waals surface area contributed by atoms with Crippen LogP contribution in [0.25, 0.3) is 0 Å². The predicted molar refractivity (Wildman–Crippen MR) is 92.3 cm³/mol. The molecule has 1 aromatic rings. The highest BCUT2D eigenvalue weighted by Gasteiger charge is 2.24. The number of hydrogen-bond donors (Lipinski definition) is 2. The van der Waals surface area contributed by atoms with Crippen LogP contribution in [0.15, 0.2) is 12.1 Å². The lowest BCUT2D eigenvalue weighted by Gasteiger charge is -2.24. The molecule has 1 amide bonds. The molecule has 1 aliphatic carbocycles. The smallest absolute Gasteiger partial charge is 0.342 e. The molecule has 1 fully saturated rings. The third kappa shape index (κ3) is 4.54. The molecule has 0 saturated heterocycles. The standard InChI is InChI=1S/C17H23ClN2O4/c1-10(16(21)20-11-6-4-3-5-7-11)24-17(22)12-8-13(18)14(19)9-15(12)23-2/h8-11H,3-7,19H2,1-2H3,(H,20,21)/t10-/m0/s1. The Morgan fingerprint density at radius 1 is 1.29 bits per heavy atom. The molecule has 24 heavy (non-hydrogen) atoms. The summed E-state index contributed by atoms with van der Waals surface area (Å²) < 4.78 is 10.4. The van der Waals surface area contributed by atoms with Crippen LogP contribution in [0.4, 0.5) is 5.69 Å². The molecule has 6 nitrogen and oxygen atoms in total. The molecule has 1 aliphatic rings. The van der Waals surface area contributed by atoms with Crippen molar-refractivity contribution in [3.8, 4) is 5.75 Å². The third-order valence-electron chi connectivity index (χ3n) is 4.14. The zero-order valence-electron chi connectivity index (χ0n) is 13.9. The normalized spacial score (nSPS) is 16.3. The van der Waals surface area contributed by atoms with Crippen LogP contribution in [-0.2, 0) is 9.53 Å². The Kier molecular flexibility index (Phi) is 6.31. The molecular formula is C17H23ClN2O4.